The Morgan fingerprint density at radius 2 is 0.976 bits per heavy atom. The van der Waals surface area contributed by atoms with Crippen molar-refractivity contribution in [1.29, 1.82) is 0 Å². The molecule has 0 atom stereocenters. The Balaban J connectivity index is 1.57. The van der Waals surface area contributed by atoms with Crippen molar-refractivity contribution in [1.82, 2.24) is 0 Å². The third-order valence-electron chi connectivity index (χ3n) is 7.95. The zero-order valence-corrected chi connectivity index (χ0v) is 23.5. The molecule has 1 aliphatic carbocycles. The largest absolute Gasteiger partial charge is 0.308 e. The van der Waals surface area contributed by atoms with Gasteiger partial charge in [-0.3, -0.25) is 0 Å². The van der Waals surface area contributed by atoms with Crippen LogP contribution in [0.3, 0.4) is 0 Å². The van der Waals surface area contributed by atoms with Crippen molar-refractivity contribution in [3.8, 4) is 11.1 Å². The zero-order valence-electron chi connectivity index (χ0n) is 23.5. The maximum absolute atomic E-state index is 2.46. The van der Waals surface area contributed by atoms with Gasteiger partial charge in [0, 0.05) is 29.2 Å². The van der Waals surface area contributed by atoms with Gasteiger partial charge in [0.2, 0.25) is 0 Å². The second kappa shape index (κ2) is 10.5. The lowest BCUT2D eigenvalue weighted by Gasteiger charge is -2.35. The highest BCUT2D eigenvalue weighted by Gasteiger charge is 2.30. The van der Waals surface area contributed by atoms with Crippen LogP contribution in [0.2, 0.25) is 0 Å². The monoisotopic (exact) mass is 528 g/mol. The topological polar surface area (TPSA) is 6.48 Å². The SMILES string of the molecule is Cc1cccc(N(c2ccccc2)c2ccc3c(c2N(c2ccccc2)c2cccc(C)c2)Cc2ccccc2-3)c1. The number of rotatable bonds is 6. The molecule has 41 heavy (non-hydrogen) atoms. The van der Waals surface area contributed by atoms with Gasteiger partial charge in [-0.25, -0.2) is 0 Å². The van der Waals surface area contributed by atoms with E-state index < -0.39 is 0 Å². The third kappa shape index (κ3) is 4.58. The summed E-state index contributed by atoms with van der Waals surface area (Å²) in [5.74, 6) is 0. The first-order valence-corrected chi connectivity index (χ1v) is 14.3. The van der Waals surface area contributed by atoms with Crippen LogP contribution in [0.5, 0.6) is 0 Å². The summed E-state index contributed by atoms with van der Waals surface area (Å²) in [4.78, 5) is 4.87. The molecule has 6 aromatic rings. The van der Waals surface area contributed by atoms with Gasteiger partial charge in [0.25, 0.3) is 0 Å². The van der Waals surface area contributed by atoms with E-state index in [0.29, 0.717) is 0 Å². The Bertz CT molecular complexity index is 1840. The van der Waals surface area contributed by atoms with E-state index in [1.807, 2.05) is 0 Å². The maximum Gasteiger partial charge on any atom is 0.0744 e. The van der Waals surface area contributed by atoms with E-state index >= 15 is 0 Å². The van der Waals surface area contributed by atoms with Crippen LogP contribution in [0, 0.1) is 13.8 Å². The first-order valence-electron chi connectivity index (χ1n) is 14.3. The van der Waals surface area contributed by atoms with Crippen LogP contribution in [0.25, 0.3) is 11.1 Å². The lowest BCUT2D eigenvalue weighted by Crippen LogP contribution is -2.18. The minimum atomic E-state index is 0.889. The van der Waals surface area contributed by atoms with Gasteiger partial charge in [-0.1, -0.05) is 91.0 Å². The summed E-state index contributed by atoms with van der Waals surface area (Å²) < 4.78 is 0. The standard InChI is InChI=1S/C39H32N2/c1-28-13-11-20-33(25-28)40(31-16-5-3-6-17-31)38-24-23-36-35-22-10-9-15-30(35)27-37(36)39(38)41(32-18-7-4-8-19-32)34-21-12-14-29(2)26-34/h3-26H,27H2,1-2H3. The molecular formula is C39H32N2. The Morgan fingerprint density at radius 1 is 0.439 bits per heavy atom. The van der Waals surface area contributed by atoms with Crippen molar-refractivity contribution in [2.75, 3.05) is 9.80 Å². The van der Waals surface area contributed by atoms with Crippen molar-refractivity contribution < 1.29 is 0 Å². The van der Waals surface area contributed by atoms with E-state index in [1.54, 1.807) is 0 Å². The van der Waals surface area contributed by atoms with Crippen LogP contribution in [0.4, 0.5) is 34.1 Å². The lowest BCUT2D eigenvalue weighted by molar-refractivity contribution is 1.17. The van der Waals surface area contributed by atoms with Crippen molar-refractivity contribution >= 4 is 34.1 Å². The number of hydrogen-bond donors (Lipinski definition) is 0. The highest BCUT2D eigenvalue weighted by molar-refractivity contribution is 5.98. The fraction of sp³-hybridized carbons (Fsp3) is 0.0769. The number of para-hydroxylation sites is 2. The molecule has 0 aliphatic heterocycles. The highest BCUT2D eigenvalue weighted by atomic mass is 15.2. The molecule has 1 aliphatic rings. The van der Waals surface area contributed by atoms with Gasteiger partial charge in [-0.2, -0.15) is 0 Å². The van der Waals surface area contributed by atoms with E-state index in [-0.39, 0.29) is 0 Å². The number of anilines is 6. The summed E-state index contributed by atoms with van der Waals surface area (Å²) in [6.07, 6.45) is 0.889. The van der Waals surface area contributed by atoms with Crippen LogP contribution in [0.15, 0.2) is 146 Å². The molecule has 0 radical (unpaired) electrons. The Morgan fingerprint density at radius 3 is 1.61 bits per heavy atom. The average Bonchev–Trinajstić information content (AvgIpc) is 3.38. The molecule has 0 spiro atoms. The van der Waals surface area contributed by atoms with Gasteiger partial charge >= 0.3 is 0 Å². The van der Waals surface area contributed by atoms with Gasteiger partial charge in [-0.05, 0) is 102 Å². The third-order valence-corrected chi connectivity index (χ3v) is 7.95. The van der Waals surface area contributed by atoms with Gasteiger partial charge in [0.05, 0.1) is 11.4 Å². The van der Waals surface area contributed by atoms with Crippen LogP contribution in [-0.4, -0.2) is 0 Å². The number of aryl methyl sites for hydroxylation is 2. The Kier molecular flexibility index (Phi) is 6.37. The summed E-state index contributed by atoms with van der Waals surface area (Å²) in [7, 11) is 0. The van der Waals surface area contributed by atoms with Crippen molar-refractivity contribution in [3.63, 3.8) is 0 Å². The van der Waals surface area contributed by atoms with E-state index in [2.05, 4.69) is 169 Å². The molecule has 0 amide bonds. The van der Waals surface area contributed by atoms with Crippen LogP contribution in [-0.2, 0) is 6.42 Å². The summed E-state index contributed by atoms with van der Waals surface area (Å²) in [5.41, 5.74) is 14.8. The molecule has 2 nitrogen and oxygen atoms in total. The normalized spacial score (nSPS) is 11.6. The Hall–Kier alpha value is -5.08. The van der Waals surface area contributed by atoms with Crippen LogP contribution in [0.1, 0.15) is 22.3 Å². The second-order valence-electron chi connectivity index (χ2n) is 10.8. The van der Waals surface area contributed by atoms with Crippen molar-refractivity contribution in [2.24, 2.45) is 0 Å². The van der Waals surface area contributed by atoms with Gasteiger partial charge < -0.3 is 9.80 Å². The van der Waals surface area contributed by atoms with Gasteiger partial charge in [-0.15, -0.1) is 0 Å². The molecule has 2 heteroatoms. The van der Waals surface area contributed by atoms with E-state index in [9.17, 15) is 0 Å². The lowest BCUT2D eigenvalue weighted by atomic mass is 9.99. The zero-order chi connectivity index (χ0) is 27.8. The number of hydrogen-bond acceptors (Lipinski definition) is 2. The summed E-state index contributed by atoms with van der Waals surface area (Å²) in [6.45, 7) is 4.33. The molecule has 0 fully saturated rings. The van der Waals surface area contributed by atoms with Gasteiger partial charge in [0.1, 0.15) is 0 Å². The molecule has 0 unspecified atom stereocenters. The molecule has 0 bridgehead atoms. The smallest absolute Gasteiger partial charge is 0.0744 e. The first kappa shape index (κ1) is 24.9. The molecule has 198 valence electrons. The van der Waals surface area contributed by atoms with Crippen molar-refractivity contribution in [3.05, 3.63) is 168 Å². The number of nitrogens with zero attached hydrogens (tertiary/aromatic N) is 2. The molecule has 0 aromatic heterocycles. The molecular weight excluding hydrogens is 496 g/mol. The van der Waals surface area contributed by atoms with E-state index in [1.165, 1.54) is 39.1 Å². The predicted octanol–water partition coefficient (Wildman–Crippen LogP) is 10.8. The highest BCUT2D eigenvalue weighted by Crippen LogP contribution is 2.52. The van der Waals surface area contributed by atoms with Crippen LogP contribution < -0.4 is 9.80 Å². The molecule has 0 heterocycles. The summed E-state index contributed by atoms with van der Waals surface area (Å²) >= 11 is 0. The molecule has 0 saturated carbocycles. The molecule has 0 N–H and O–H groups in total. The van der Waals surface area contributed by atoms with E-state index in [4.69, 9.17) is 0 Å². The summed E-state index contributed by atoms with van der Waals surface area (Å²) in [5, 5.41) is 0. The maximum atomic E-state index is 2.46. The van der Waals surface area contributed by atoms with Gasteiger partial charge in [0.15, 0.2) is 0 Å². The first-order chi connectivity index (χ1) is 20.2. The minimum absolute atomic E-state index is 0.889. The number of benzene rings is 6. The molecule has 6 aromatic carbocycles. The predicted molar refractivity (Wildman–Crippen MR) is 174 cm³/mol. The van der Waals surface area contributed by atoms with E-state index in [0.717, 1.165) is 34.9 Å². The van der Waals surface area contributed by atoms with Crippen LogP contribution >= 0.6 is 0 Å². The minimum Gasteiger partial charge on any atom is -0.308 e. The molecule has 7 rings (SSSR count). The second-order valence-corrected chi connectivity index (χ2v) is 10.8. The fourth-order valence-corrected chi connectivity index (χ4v) is 6.14. The average molecular weight is 529 g/mol. The van der Waals surface area contributed by atoms with Crippen molar-refractivity contribution in [2.45, 2.75) is 20.3 Å². The Labute approximate surface area is 242 Å². The molecule has 0 saturated heterocycles. The summed E-state index contributed by atoms with van der Waals surface area (Å²) in [6, 6.07) is 52.6. The quantitative estimate of drug-likeness (QED) is 0.212. The fourth-order valence-electron chi connectivity index (χ4n) is 6.14. The number of fused-ring (bicyclic) bond motifs is 3.